The number of rotatable bonds is 4. The summed E-state index contributed by atoms with van der Waals surface area (Å²) in [5, 5.41) is 0. The molecule has 0 aliphatic heterocycles. The molecule has 2 saturated carbocycles. The predicted molar refractivity (Wildman–Crippen MR) is 74.9 cm³/mol. The molecular weight excluding hydrogens is 206 g/mol. The molecule has 0 aromatic carbocycles. The summed E-state index contributed by atoms with van der Waals surface area (Å²) < 4.78 is 0. The highest BCUT2D eigenvalue weighted by atomic mass is 14.6. The van der Waals surface area contributed by atoms with Gasteiger partial charge in [-0.25, -0.2) is 0 Å². The zero-order valence-electron chi connectivity index (χ0n) is 11.9. The third kappa shape index (κ3) is 3.71. The first-order valence-electron chi connectivity index (χ1n) is 7.81. The maximum Gasteiger partial charge on any atom is -0.00462 e. The minimum absolute atomic E-state index is 0.575. The van der Waals surface area contributed by atoms with Gasteiger partial charge in [0.25, 0.3) is 0 Å². The molecular formula is C16H31N. The molecule has 0 amide bonds. The molecule has 1 nitrogen and oxygen atoms in total. The van der Waals surface area contributed by atoms with Gasteiger partial charge >= 0.3 is 0 Å². The van der Waals surface area contributed by atoms with Crippen LogP contribution in [-0.4, -0.2) is 6.54 Å². The van der Waals surface area contributed by atoms with E-state index in [1.807, 2.05) is 0 Å². The molecule has 2 fully saturated rings. The van der Waals surface area contributed by atoms with Gasteiger partial charge in [-0.1, -0.05) is 46.0 Å². The van der Waals surface area contributed by atoms with Gasteiger partial charge < -0.3 is 5.73 Å². The third-order valence-electron chi connectivity index (χ3n) is 5.40. The molecule has 0 radical (unpaired) electrons. The quantitative estimate of drug-likeness (QED) is 0.772. The summed E-state index contributed by atoms with van der Waals surface area (Å²) in [6.45, 7) is 5.82. The van der Waals surface area contributed by atoms with E-state index in [4.69, 9.17) is 5.73 Å². The van der Waals surface area contributed by atoms with Gasteiger partial charge in [-0.2, -0.15) is 0 Å². The van der Waals surface area contributed by atoms with Crippen LogP contribution in [0.25, 0.3) is 0 Å². The fourth-order valence-electron chi connectivity index (χ4n) is 4.19. The van der Waals surface area contributed by atoms with Crippen molar-refractivity contribution < 1.29 is 0 Å². The van der Waals surface area contributed by atoms with Crippen molar-refractivity contribution in [2.24, 2.45) is 28.9 Å². The van der Waals surface area contributed by atoms with E-state index in [2.05, 4.69) is 13.8 Å². The summed E-state index contributed by atoms with van der Waals surface area (Å²) in [4.78, 5) is 0. The molecule has 0 bridgehead atoms. The largest absolute Gasteiger partial charge is 0.330 e. The summed E-state index contributed by atoms with van der Waals surface area (Å²) in [7, 11) is 0. The van der Waals surface area contributed by atoms with Gasteiger partial charge in [0.1, 0.15) is 0 Å². The van der Waals surface area contributed by atoms with Crippen LogP contribution in [0.4, 0.5) is 0 Å². The minimum atomic E-state index is 0.575. The first kappa shape index (κ1) is 13.4. The van der Waals surface area contributed by atoms with Gasteiger partial charge in [0, 0.05) is 0 Å². The lowest BCUT2D eigenvalue weighted by Crippen LogP contribution is -2.34. The van der Waals surface area contributed by atoms with Crippen molar-refractivity contribution in [3.8, 4) is 0 Å². The van der Waals surface area contributed by atoms with Crippen molar-refractivity contribution in [2.75, 3.05) is 6.54 Å². The van der Waals surface area contributed by atoms with Crippen LogP contribution in [0.5, 0.6) is 0 Å². The third-order valence-corrected chi connectivity index (χ3v) is 5.40. The van der Waals surface area contributed by atoms with Crippen LogP contribution in [0.1, 0.15) is 71.6 Å². The number of hydrogen-bond donors (Lipinski definition) is 1. The van der Waals surface area contributed by atoms with Gasteiger partial charge in [0.15, 0.2) is 0 Å². The molecule has 0 aromatic rings. The fraction of sp³-hybridized carbons (Fsp3) is 1.00. The van der Waals surface area contributed by atoms with E-state index < -0.39 is 0 Å². The summed E-state index contributed by atoms with van der Waals surface area (Å²) >= 11 is 0. The Morgan fingerprint density at radius 2 is 1.71 bits per heavy atom. The van der Waals surface area contributed by atoms with Crippen molar-refractivity contribution in [1.82, 2.24) is 0 Å². The number of nitrogens with two attached hydrogens (primary N) is 1. The Morgan fingerprint density at radius 3 is 2.35 bits per heavy atom. The Kier molecular flexibility index (Phi) is 4.52. The second kappa shape index (κ2) is 5.73. The molecule has 2 atom stereocenters. The Morgan fingerprint density at radius 1 is 1.00 bits per heavy atom. The maximum absolute atomic E-state index is 5.97. The van der Waals surface area contributed by atoms with Crippen LogP contribution in [0.15, 0.2) is 0 Å². The highest BCUT2D eigenvalue weighted by Gasteiger charge is 2.34. The molecule has 2 aliphatic rings. The van der Waals surface area contributed by atoms with E-state index in [1.54, 1.807) is 0 Å². The van der Waals surface area contributed by atoms with E-state index in [0.717, 1.165) is 24.3 Å². The van der Waals surface area contributed by atoms with Crippen molar-refractivity contribution in [3.05, 3.63) is 0 Å². The highest BCUT2D eigenvalue weighted by molar-refractivity contribution is 4.86. The monoisotopic (exact) mass is 237 g/mol. The predicted octanol–water partition coefficient (Wildman–Crippen LogP) is 4.36. The molecule has 0 spiro atoms. The van der Waals surface area contributed by atoms with Crippen LogP contribution in [0.2, 0.25) is 0 Å². The van der Waals surface area contributed by atoms with Gasteiger partial charge in [0.05, 0.1) is 0 Å². The van der Waals surface area contributed by atoms with E-state index >= 15 is 0 Å². The molecule has 100 valence electrons. The second-order valence-corrected chi connectivity index (χ2v) is 7.39. The molecule has 0 aromatic heterocycles. The van der Waals surface area contributed by atoms with Gasteiger partial charge in [-0.15, -0.1) is 0 Å². The average Bonchev–Trinajstić information content (AvgIpc) is 2.78. The summed E-state index contributed by atoms with van der Waals surface area (Å²) in [6, 6.07) is 0. The molecule has 17 heavy (non-hydrogen) atoms. The molecule has 2 unspecified atom stereocenters. The van der Waals surface area contributed by atoms with Gasteiger partial charge in [-0.3, -0.25) is 0 Å². The van der Waals surface area contributed by atoms with Crippen molar-refractivity contribution in [2.45, 2.75) is 71.6 Å². The summed E-state index contributed by atoms with van der Waals surface area (Å²) in [5.74, 6) is 2.80. The Hall–Kier alpha value is -0.0400. The minimum Gasteiger partial charge on any atom is -0.330 e. The highest BCUT2D eigenvalue weighted by Crippen LogP contribution is 2.44. The lowest BCUT2D eigenvalue weighted by molar-refractivity contribution is 0.110. The normalized spacial score (nSPS) is 34.1. The summed E-state index contributed by atoms with van der Waals surface area (Å²) in [6.07, 6.45) is 13.1. The number of hydrogen-bond acceptors (Lipinski definition) is 1. The van der Waals surface area contributed by atoms with Crippen molar-refractivity contribution in [3.63, 3.8) is 0 Å². The van der Waals surface area contributed by atoms with Crippen LogP contribution >= 0.6 is 0 Å². The Bertz CT molecular complexity index is 228. The molecule has 0 saturated heterocycles. The topological polar surface area (TPSA) is 26.0 Å². The fourth-order valence-corrected chi connectivity index (χ4v) is 4.19. The average molecular weight is 237 g/mol. The van der Waals surface area contributed by atoms with Crippen LogP contribution in [-0.2, 0) is 0 Å². The van der Waals surface area contributed by atoms with Gasteiger partial charge in [-0.05, 0) is 55.4 Å². The van der Waals surface area contributed by atoms with Crippen LogP contribution in [0.3, 0.4) is 0 Å². The molecule has 2 aliphatic carbocycles. The standard InChI is InChI=1S/C16H31N/c1-16(2)10-9-15(12-17)14(11-16)8-7-13-5-3-4-6-13/h13-15H,3-12,17H2,1-2H3. The lowest BCUT2D eigenvalue weighted by Gasteiger charge is -2.41. The SMILES string of the molecule is CC1(C)CCC(CN)C(CCC2CCCC2)C1. The van der Waals surface area contributed by atoms with E-state index in [1.165, 1.54) is 57.8 Å². The first-order valence-corrected chi connectivity index (χ1v) is 7.81. The van der Waals surface area contributed by atoms with Crippen LogP contribution < -0.4 is 5.73 Å². The molecule has 1 heteroatoms. The van der Waals surface area contributed by atoms with Crippen molar-refractivity contribution >= 4 is 0 Å². The summed E-state index contributed by atoms with van der Waals surface area (Å²) in [5.41, 5.74) is 6.54. The zero-order chi connectivity index (χ0) is 12.3. The van der Waals surface area contributed by atoms with Gasteiger partial charge in [0.2, 0.25) is 0 Å². The molecule has 0 heterocycles. The lowest BCUT2D eigenvalue weighted by atomic mass is 9.65. The molecule has 2 rings (SSSR count). The van der Waals surface area contributed by atoms with Crippen LogP contribution in [0, 0.1) is 23.2 Å². The Labute approximate surface area is 108 Å². The maximum atomic E-state index is 5.97. The van der Waals surface area contributed by atoms with Crippen molar-refractivity contribution in [1.29, 1.82) is 0 Å². The Balaban J connectivity index is 1.82. The second-order valence-electron chi connectivity index (χ2n) is 7.39. The zero-order valence-corrected chi connectivity index (χ0v) is 11.9. The first-order chi connectivity index (χ1) is 8.11. The molecule has 2 N–H and O–H groups in total. The van der Waals surface area contributed by atoms with E-state index in [9.17, 15) is 0 Å². The van der Waals surface area contributed by atoms with E-state index in [0.29, 0.717) is 5.41 Å². The van der Waals surface area contributed by atoms with E-state index in [-0.39, 0.29) is 0 Å². The smallest absolute Gasteiger partial charge is 0.00462 e.